The second kappa shape index (κ2) is 8.86. The van der Waals surface area contributed by atoms with E-state index in [0.717, 1.165) is 42.9 Å². The monoisotopic (exact) mass is 353 g/mol. The molecule has 1 aliphatic rings. The highest BCUT2D eigenvalue weighted by Crippen LogP contribution is 2.30. The third-order valence-electron chi connectivity index (χ3n) is 5.23. The van der Waals surface area contributed by atoms with Crippen molar-refractivity contribution in [2.24, 2.45) is 0 Å². The number of nitrogens with zero attached hydrogens (tertiary/aromatic N) is 1. The van der Waals surface area contributed by atoms with Gasteiger partial charge in [-0.15, -0.1) is 0 Å². The first kappa shape index (κ1) is 18.5. The summed E-state index contributed by atoms with van der Waals surface area (Å²) < 4.78 is 10.7. The molecule has 0 N–H and O–H groups in total. The Kier molecular flexibility index (Phi) is 6.29. The molecule has 0 radical (unpaired) electrons. The highest BCUT2D eigenvalue weighted by molar-refractivity contribution is 5.78. The van der Waals surface area contributed by atoms with Crippen molar-refractivity contribution >= 4 is 5.91 Å². The summed E-state index contributed by atoms with van der Waals surface area (Å²) in [6.07, 6.45) is 2.30. The van der Waals surface area contributed by atoms with Gasteiger partial charge in [-0.1, -0.05) is 42.5 Å². The molecule has 1 heterocycles. The number of amides is 1. The van der Waals surface area contributed by atoms with Crippen LogP contribution in [0.3, 0.4) is 0 Å². The average molecular weight is 353 g/mol. The molecule has 26 heavy (non-hydrogen) atoms. The SMILES string of the molecule is COc1ccc([C@@H](CC(=O)N(C)C2CCOCC2)c2ccccc2)cc1. The largest absolute Gasteiger partial charge is 0.497 e. The topological polar surface area (TPSA) is 38.8 Å². The molecule has 1 saturated heterocycles. The third kappa shape index (κ3) is 4.44. The van der Waals surface area contributed by atoms with Crippen LogP contribution in [0.5, 0.6) is 5.75 Å². The van der Waals surface area contributed by atoms with Crippen molar-refractivity contribution < 1.29 is 14.3 Å². The van der Waals surface area contributed by atoms with Crippen LogP contribution >= 0.6 is 0 Å². The van der Waals surface area contributed by atoms with Crippen LogP contribution in [0.15, 0.2) is 54.6 Å². The highest BCUT2D eigenvalue weighted by Gasteiger charge is 2.26. The smallest absolute Gasteiger partial charge is 0.223 e. The maximum absolute atomic E-state index is 13.0. The van der Waals surface area contributed by atoms with E-state index in [-0.39, 0.29) is 17.9 Å². The number of rotatable bonds is 6. The Hall–Kier alpha value is -2.33. The number of hydrogen-bond donors (Lipinski definition) is 0. The number of benzene rings is 2. The molecule has 0 aromatic heterocycles. The lowest BCUT2D eigenvalue weighted by molar-refractivity contribution is -0.133. The van der Waals surface area contributed by atoms with Crippen LogP contribution in [0.4, 0.5) is 0 Å². The van der Waals surface area contributed by atoms with Crippen molar-refractivity contribution in [2.75, 3.05) is 27.4 Å². The molecule has 4 nitrogen and oxygen atoms in total. The van der Waals surface area contributed by atoms with E-state index in [1.54, 1.807) is 7.11 Å². The zero-order valence-electron chi connectivity index (χ0n) is 15.6. The van der Waals surface area contributed by atoms with Gasteiger partial charge in [-0.2, -0.15) is 0 Å². The summed E-state index contributed by atoms with van der Waals surface area (Å²) in [5.74, 6) is 1.05. The van der Waals surface area contributed by atoms with Gasteiger partial charge in [-0.3, -0.25) is 4.79 Å². The zero-order chi connectivity index (χ0) is 18.4. The molecule has 0 spiro atoms. The van der Waals surface area contributed by atoms with Crippen LogP contribution < -0.4 is 4.74 Å². The summed E-state index contributed by atoms with van der Waals surface area (Å²) in [5, 5.41) is 0. The lowest BCUT2D eigenvalue weighted by atomic mass is 9.88. The lowest BCUT2D eigenvalue weighted by Gasteiger charge is -2.32. The van der Waals surface area contributed by atoms with E-state index in [0.29, 0.717) is 6.42 Å². The summed E-state index contributed by atoms with van der Waals surface area (Å²) in [6, 6.07) is 18.5. The maximum atomic E-state index is 13.0. The number of hydrogen-bond acceptors (Lipinski definition) is 3. The second-order valence-corrected chi connectivity index (χ2v) is 6.79. The van der Waals surface area contributed by atoms with Gasteiger partial charge in [0, 0.05) is 38.6 Å². The lowest BCUT2D eigenvalue weighted by Crippen LogP contribution is -2.41. The molecule has 138 valence electrons. The van der Waals surface area contributed by atoms with Gasteiger partial charge >= 0.3 is 0 Å². The molecule has 1 atom stereocenters. The van der Waals surface area contributed by atoms with Crippen LogP contribution in [-0.2, 0) is 9.53 Å². The Morgan fingerprint density at radius 3 is 2.31 bits per heavy atom. The average Bonchev–Trinajstić information content (AvgIpc) is 2.72. The normalized spacial score (nSPS) is 16.1. The molecule has 2 aromatic rings. The zero-order valence-corrected chi connectivity index (χ0v) is 15.6. The molecular weight excluding hydrogens is 326 g/mol. The molecule has 2 aromatic carbocycles. The van der Waals surface area contributed by atoms with Crippen LogP contribution in [0.2, 0.25) is 0 Å². The van der Waals surface area contributed by atoms with Gasteiger partial charge in [0.1, 0.15) is 5.75 Å². The summed E-state index contributed by atoms with van der Waals surface area (Å²) in [5.41, 5.74) is 2.29. The Labute approximate surface area is 155 Å². The summed E-state index contributed by atoms with van der Waals surface area (Å²) in [7, 11) is 3.59. The molecule has 4 heteroatoms. The fourth-order valence-corrected chi connectivity index (χ4v) is 3.54. The van der Waals surface area contributed by atoms with Gasteiger partial charge in [-0.25, -0.2) is 0 Å². The van der Waals surface area contributed by atoms with Crippen LogP contribution in [-0.4, -0.2) is 44.2 Å². The Bertz CT molecular complexity index is 693. The van der Waals surface area contributed by atoms with Gasteiger partial charge in [0.25, 0.3) is 0 Å². The van der Waals surface area contributed by atoms with E-state index in [1.807, 2.05) is 42.3 Å². The van der Waals surface area contributed by atoms with E-state index < -0.39 is 0 Å². The molecule has 0 aliphatic carbocycles. The van der Waals surface area contributed by atoms with Crippen molar-refractivity contribution in [3.05, 3.63) is 65.7 Å². The van der Waals surface area contributed by atoms with Gasteiger partial charge in [0.2, 0.25) is 5.91 Å². The Morgan fingerprint density at radius 2 is 1.69 bits per heavy atom. The summed E-state index contributed by atoms with van der Waals surface area (Å²) >= 11 is 0. The first-order chi connectivity index (χ1) is 12.7. The minimum absolute atomic E-state index is 0.0388. The molecular formula is C22H27NO3. The van der Waals surface area contributed by atoms with Gasteiger partial charge in [0.15, 0.2) is 0 Å². The molecule has 0 saturated carbocycles. The maximum Gasteiger partial charge on any atom is 0.223 e. The van der Waals surface area contributed by atoms with Crippen LogP contribution in [0.25, 0.3) is 0 Å². The predicted molar refractivity (Wildman–Crippen MR) is 103 cm³/mol. The van der Waals surface area contributed by atoms with Gasteiger partial charge < -0.3 is 14.4 Å². The first-order valence-corrected chi connectivity index (χ1v) is 9.21. The van der Waals surface area contributed by atoms with Gasteiger partial charge in [0.05, 0.1) is 7.11 Å². The molecule has 1 amide bonds. The molecule has 0 bridgehead atoms. The minimum Gasteiger partial charge on any atom is -0.497 e. The minimum atomic E-state index is 0.0388. The Balaban J connectivity index is 1.80. The van der Waals surface area contributed by atoms with Crippen molar-refractivity contribution in [3.8, 4) is 5.75 Å². The van der Waals surface area contributed by atoms with Crippen molar-refractivity contribution in [2.45, 2.75) is 31.2 Å². The fraction of sp³-hybridized carbons (Fsp3) is 0.409. The molecule has 1 fully saturated rings. The summed E-state index contributed by atoms with van der Waals surface area (Å²) in [6.45, 7) is 1.48. The third-order valence-corrected chi connectivity index (χ3v) is 5.23. The van der Waals surface area contributed by atoms with Crippen molar-refractivity contribution in [1.82, 2.24) is 4.90 Å². The first-order valence-electron chi connectivity index (χ1n) is 9.21. The quantitative estimate of drug-likeness (QED) is 0.792. The fourth-order valence-electron chi connectivity index (χ4n) is 3.54. The predicted octanol–water partition coefficient (Wildman–Crippen LogP) is 3.85. The highest BCUT2D eigenvalue weighted by atomic mass is 16.5. The van der Waals surface area contributed by atoms with Crippen LogP contribution in [0, 0.1) is 0 Å². The summed E-state index contributed by atoms with van der Waals surface area (Å²) in [4.78, 5) is 14.9. The molecule has 0 unspecified atom stereocenters. The number of ether oxygens (including phenoxy) is 2. The standard InChI is InChI=1S/C22H27NO3/c1-23(19-12-14-26-15-13-19)22(24)16-21(17-6-4-3-5-7-17)18-8-10-20(25-2)11-9-18/h3-11,19,21H,12-16H2,1-2H3/t21-/m0/s1. The van der Waals surface area contributed by atoms with Crippen LogP contribution in [0.1, 0.15) is 36.3 Å². The number of methoxy groups -OCH3 is 1. The van der Waals surface area contributed by atoms with Gasteiger partial charge in [-0.05, 0) is 36.1 Å². The molecule has 1 aliphatic heterocycles. The second-order valence-electron chi connectivity index (χ2n) is 6.79. The number of carbonyl (C=O) groups excluding carboxylic acids is 1. The van der Waals surface area contributed by atoms with E-state index in [9.17, 15) is 4.79 Å². The Morgan fingerprint density at radius 1 is 1.08 bits per heavy atom. The molecule has 3 rings (SSSR count). The number of carbonyl (C=O) groups is 1. The van der Waals surface area contributed by atoms with E-state index >= 15 is 0 Å². The van der Waals surface area contributed by atoms with E-state index in [2.05, 4.69) is 24.3 Å². The van der Waals surface area contributed by atoms with E-state index in [4.69, 9.17) is 9.47 Å². The van der Waals surface area contributed by atoms with Crippen molar-refractivity contribution in [1.29, 1.82) is 0 Å². The van der Waals surface area contributed by atoms with E-state index in [1.165, 1.54) is 0 Å². The van der Waals surface area contributed by atoms with Crippen molar-refractivity contribution in [3.63, 3.8) is 0 Å².